The van der Waals surface area contributed by atoms with Gasteiger partial charge in [0.15, 0.2) is 0 Å². The standard InChI is InChI=1S/2C5H11N/c2*1-4(2)5(3)6/h2*4H,3,6H2,1-2H3. The van der Waals surface area contributed by atoms with Gasteiger partial charge in [-0.3, -0.25) is 0 Å². The van der Waals surface area contributed by atoms with Crippen LogP contribution >= 0.6 is 0 Å². The minimum Gasteiger partial charge on any atom is -0.402 e. The molecule has 0 unspecified atom stereocenters. The van der Waals surface area contributed by atoms with E-state index in [2.05, 4.69) is 13.2 Å². The van der Waals surface area contributed by atoms with Gasteiger partial charge in [-0.25, -0.2) is 0 Å². The van der Waals surface area contributed by atoms with Gasteiger partial charge in [0.05, 0.1) is 0 Å². The van der Waals surface area contributed by atoms with Crippen LogP contribution in [-0.4, -0.2) is 0 Å². The molecule has 0 atom stereocenters. The van der Waals surface area contributed by atoms with Crippen LogP contribution in [0.2, 0.25) is 0 Å². The minimum atomic E-state index is 0.435. The fourth-order valence-corrected chi connectivity index (χ4v) is 0. The lowest BCUT2D eigenvalue weighted by molar-refractivity contribution is 0.761. The predicted molar refractivity (Wildman–Crippen MR) is 56.3 cm³/mol. The molecule has 0 aromatic rings. The summed E-state index contributed by atoms with van der Waals surface area (Å²) in [5.41, 5.74) is 12.0. The number of allylic oxidation sites excluding steroid dienone is 2. The molecule has 0 fully saturated rings. The molecule has 0 radical (unpaired) electrons. The van der Waals surface area contributed by atoms with E-state index in [1.165, 1.54) is 0 Å². The van der Waals surface area contributed by atoms with Gasteiger partial charge in [-0.05, 0) is 11.8 Å². The minimum absolute atomic E-state index is 0.435. The lowest BCUT2D eigenvalue weighted by Gasteiger charge is -1.98. The summed E-state index contributed by atoms with van der Waals surface area (Å²) in [4.78, 5) is 0. The Kier molecular flexibility index (Phi) is 7.70. The van der Waals surface area contributed by atoms with Gasteiger partial charge in [-0.1, -0.05) is 40.9 Å². The maximum Gasteiger partial charge on any atom is 0.00334 e. The average molecular weight is 170 g/mol. The molecular weight excluding hydrogens is 148 g/mol. The molecule has 72 valence electrons. The summed E-state index contributed by atoms with van der Waals surface area (Å²) in [7, 11) is 0. The number of nitrogens with two attached hydrogens (primary N) is 2. The van der Waals surface area contributed by atoms with Gasteiger partial charge in [0, 0.05) is 11.4 Å². The summed E-state index contributed by atoms with van der Waals surface area (Å²) < 4.78 is 0. The van der Waals surface area contributed by atoms with E-state index < -0.39 is 0 Å². The molecule has 4 N–H and O–H groups in total. The Morgan fingerprint density at radius 2 is 0.917 bits per heavy atom. The van der Waals surface area contributed by atoms with Gasteiger partial charge < -0.3 is 11.5 Å². The summed E-state index contributed by atoms with van der Waals surface area (Å²) in [6.07, 6.45) is 0. The van der Waals surface area contributed by atoms with Gasteiger partial charge >= 0.3 is 0 Å². The van der Waals surface area contributed by atoms with Crippen LogP contribution in [0.25, 0.3) is 0 Å². The second-order valence-corrected chi connectivity index (χ2v) is 3.46. The van der Waals surface area contributed by atoms with Crippen LogP contribution in [-0.2, 0) is 0 Å². The van der Waals surface area contributed by atoms with Crippen LogP contribution in [0, 0.1) is 11.8 Å². The summed E-state index contributed by atoms with van der Waals surface area (Å²) in [6, 6.07) is 0. The zero-order valence-corrected chi connectivity index (χ0v) is 8.72. The molecule has 0 amide bonds. The maximum absolute atomic E-state index is 5.24. The maximum atomic E-state index is 5.24. The van der Waals surface area contributed by atoms with Gasteiger partial charge in [0.2, 0.25) is 0 Å². The van der Waals surface area contributed by atoms with Crippen LogP contribution in [0.5, 0.6) is 0 Å². The van der Waals surface area contributed by atoms with Crippen molar-refractivity contribution < 1.29 is 0 Å². The van der Waals surface area contributed by atoms with E-state index in [0.29, 0.717) is 11.8 Å². The van der Waals surface area contributed by atoms with Gasteiger partial charge in [0.25, 0.3) is 0 Å². The zero-order valence-electron chi connectivity index (χ0n) is 8.72. The van der Waals surface area contributed by atoms with E-state index in [1.807, 2.05) is 27.7 Å². The first-order chi connectivity index (χ1) is 5.29. The van der Waals surface area contributed by atoms with Crippen molar-refractivity contribution in [1.29, 1.82) is 0 Å². The molecule has 2 heteroatoms. The molecule has 0 saturated carbocycles. The van der Waals surface area contributed by atoms with E-state index in [1.54, 1.807) is 0 Å². The van der Waals surface area contributed by atoms with E-state index in [9.17, 15) is 0 Å². The highest BCUT2D eigenvalue weighted by molar-refractivity contribution is 4.89. The van der Waals surface area contributed by atoms with E-state index >= 15 is 0 Å². The monoisotopic (exact) mass is 170 g/mol. The van der Waals surface area contributed by atoms with Crippen molar-refractivity contribution in [2.75, 3.05) is 0 Å². The van der Waals surface area contributed by atoms with Gasteiger partial charge in [0.1, 0.15) is 0 Å². The number of hydrogen-bond donors (Lipinski definition) is 2. The van der Waals surface area contributed by atoms with Gasteiger partial charge in [-0.2, -0.15) is 0 Å². The SMILES string of the molecule is C=C(N)C(C)C.C=C(N)C(C)C. The molecule has 0 aliphatic carbocycles. The molecule has 0 bridgehead atoms. The van der Waals surface area contributed by atoms with Crippen molar-refractivity contribution in [2.45, 2.75) is 27.7 Å². The second-order valence-electron chi connectivity index (χ2n) is 3.46. The second kappa shape index (κ2) is 6.77. The van der Waals surface area contributed by atoms with Crippen molar-refractivity contribution in [3.8, 4) is 0 Å². The molecule has 0 saturated heterocycles. The Morgan fingerprint density at radius 1 is 0.833 bits per heavy atom. The first kappa shape index (κ1) is 13.7. The van der Waals surface area contributed by atoms with Crippen LogP contribution in [0.4, 0.5) is 0 Å². The molecule has 0 aliphatic rings. The Bertz CT molecular complexity index is 128. The molecule has 0 aromatic carbocycles. The summed E-state index contributed by atoms with van der Waals surface area (Å²) in [6.45, 7) is 15.1. The predicted octanol–water partition coefficient (Wildman–Crippen LogP) is 2.23. The first-order valence-corrected chi connectivity index (χ1v) is 4.17. The zero-order chi connectivity index (χ0) is 10.3. The number of rotatable bonds is 2. The van der Waals surface area contributed by atoms with Crippen molar-refractivity contribution >= 4 is 0 Å². The van der Waals surface area contributed by atoms with Crippen molar-refractivity contribution in [1.82, 2.24) is 0 Å². The third-order valence-electron chi connectivity index (χ3n) is 1.48. The highest BCUT2D eigenvalue weighted by Crippen LogP contribution is 1.96. The molecule has 0 aromatic heterocycles. The molecule has 0 spiro atoms. The van der Waals surface area contributed by atoms with Crippen LogP contribution in [0.3, 0.4) is 0 Å². The fraction of sp³-hybridized carbons (Fsp3) is 0.600. The van der Waals surface area contributed by atoms with Gasteiger partial charge in [-0.15, -0.1) is 0 Å². The largest absolute Gasteiger partial charge is 0.402 e. The lowest BCUT2D eigenvalue weighted by Crippen LogP contribution is -2.01. The fourth-order valence-electron chi connectivity index (χ4n) is 0. The molecular formula is C10H22N2. The topological polar surface area (TPSA) is 52.0 Å². The highest BCUT2D eigenvalue weighted by Gasteiger charge is 1.88. The quantitative estimate of drug-likeness (QED) is 0.667. The molecule has 0 heterocycles. The summed E-state index contributed by atoms with van der Waals surface area (Å²) in [5.74, 6) is 0.870. The van der Waals surface area contributed by atoms with E-state index in [-0.39, 0.29) is 0 Å². The van der Waals surface area contributed by atoms with Crippen molar-refractivity contribution in [2.24, 2.45) is 23.3 Å². The normalized spacial score (nSPS) is 9.17. The van der Waals surface area contributed by atoms with Crippen molar-refractivity contribution in [3.63, 3.8) is 0 Å². The van der Waals surface area contributed by atoms with Crippen LogP contribution < -0.4 is 11.5 Å². The summed E-state index contributed by atoms with van der Waals surface area (Å²) >= 11 is 0. The Hall–Kier alpha value is -0.920. The molecule has 0 rings (SSSR count). The number of hydrogen-bond acceptors (Lipinski definition) is 2. The Balaban J connectivity index is 0. The van der Waals surface area contributed by atoms with Crippen LogP contribution in [0.1, 0.15) is 27.7 Å². The highest BCUT2D eigenvalue weighted by atomic mass is 14.6. The average Bonchev–Trinajstić information content (AvgIpc) is 1.88. The van der Waals surface area contributed by atoms with Crippen molar-refractivity contribution in [3.05, 3.63) is 24.6 Å². The Morgan fingerprint density at radius 3 is 0.917 bits per heavy atom. The Labute approximate surface area is 76.3 Å². The third kappa shape index (κ3) is 11.8. The smallest absolute Gasteiger partial charge is 0.00334 e. The van der Waals surface area contributed by atoms with E-state index in [4.69, 9.17) is 11.5 Å². The lowest BCUT2D eigenvalue weighted by atomic mass is 10.2. The summed E-state index contributed by atoms with van der Waals surface area (Å²) in [5, 5.41) is 0. The van der Waals surface area contributed by atoms with E-state index in [0.717, 1.165) is 11.4 Å². The molecule has 2 nitrogen and oxygen atoms in total. The first-order valence-electron chi connectivity index (χ1n) is 4.17. The third-order valence-corrected chi connectivity index (χ3v) is 1.48. The molecule has 0 aliphatic heterocycles. The van der Waals surface area contributed by atoms with Crippen LogP contribution in [0.15, 0.2) is 24.6 Å². The molecule has 12 heavy (non-hydrogen) atoms.